The van der Waals surface area contributed by atoms with Gasteiger partial charge in [-0.1, -0.05) is 13.8 Å². The Kier molecular flexibility index (Phi) is 5.27. The van der Waals surface area contributed by atoms with Gasteiger partial charge in [-0.3, -0.25) is 0 Å². The number of benzene rings is 1. The van der Waals surface area contributed by atoms with E-state index in [0.717, 1.165) is 31.7 Å². The monoisotopic (exact) mass is 275 g/mol. The van der Waals surface area contributed by atoms with Crippen LogP contribution in [0.25, 0.3) is 0 Å². The van der Waals surface area contributed by atoms with Crippen LogP contribution in [-0.2, 0) is 0 Å². The summed E-state index contributed by atoms with van der Waals surface area (Å²) in [6.45, 7) is 7.30. The van der Waals surface area contributed by atoms with Gasteiger partial charge in [0.15, 0.2) is 0 Å². The van der Waals surface area contributed by atoms with Crippen molar-refractivity contribution in [2.45, 2.75) is 33.1 Å². The van der Waals surface area contributed by atoms with E-state index in [1.54, 1.807) is 0 Å². The minimum absolute atomic E-state index is 0.125. The summed E-state index contributed by atoms with van der Waals surface area (Å²) in [5, 5.41) is 5.74. The number of carbonyl (C=O) groups excluding carboxylic acids is 1. The van der Waals surface area contributed by atoms with Crippen molar-refractivity contribution in [3.8, 4) is 0 Å². The summed E-state index contributed by atoms with van der Waals surface area (Å²) in [6, 6.07) is 7.97. The molecule has 1 aromatic carbocycles. The summed E-state index contributed by atoms with van der Waals surface area (Å²) in [5.74, 6) is 0.607. The zero-order valence-electron chi connectivity index (χ0n) is 12.5. The fraction of sp³-hybridized carbons (Fsp3) is 0.562. The van der Waals surface area contributed by atoms with Crippen molar-refractivity contribution in [1.82, 2.24) is 5.32 Å². The Balaban J connectivity index is 1.79. The van der Waals surface area contributed by atoms with E-state index in [0.29, 0.717) is 5.92 Å². The molecule has 0 aromatic heterocycles. The van der Waals surface area contributed by atoms with Crippen molar-refractivity contribution >= 4 is 17.4 Å². The molecule has 0 radical (unpaired) electrons. The molecule has 1 aromatic rings. The lowest BCUT2D eigenvalue weighted by Gasteiger charge is -2.17. The van der Waals surface area contributed by atoms with Gasteiger partial charge in [0.05, 0.1) is 0 Å². The van der Waals surface area contributed by atoms with Gasteiger partial charge in [0.25, 0.3) is 0 Å². The molecule has 0 spiro atoms. The Morgan fingerprint density at radius 1 is 1.20 bits per heavy atom. The van der Waals surface area contributed by atoms with Crippen LogP contribution in [0.2, 0.25) is 0 Å². The molecule has 0 unspecified atom stereocenters. The highest BCUT2D eigenvalue weighted by Crippen LogP contribution is 2.21. The van der Waals surface area contributed by atoms with E-state index in [1.165, 1.54) is 18.5 Å². The Bertz CT molecular complexity index is 422. The first kappa shape index (κ1) is 14.7. The summed E-state index contributed by atoms with van der Waals surface area (Å²) in [7, 11) is 0. The minimum Gasteiger partial charge on any atom is -0.372 e. The van der Waals surface area contributed by atoms with Crippen molar-refractivity contribution in [1.29, 1.82) is 0 Å². The summed E-state index contributed by atoms with van der Waals surface area (Å²) >= 11 is 0. The van der Waals surface area contributed by atoms with Gasteiger partial charge < -0.3 is 15.5 Å². The molecule has 2 amide bonds. The van der Waals surface area contributed by atoms with Crippen LogP contribution in [0.15, 0.2) is 24.3 Å². The second kappa shape index (κ2) is 7.17. The molecule has 4 nitrogen and oxygen atoms in total. The molecule has 1 aliphatic heterocycles. The number of hydrogen-bond donors (Lipinski definition) is 2. The highest BCUT2D eigenvalue weighted by atomic mass is 16.2. The highest BCUT2D eigenvalue weighted by molar-refractivity contribution is 5.89. The van der Waals surface area contributed by atoms with Gasteiger partial charge in [-0.15, -0.1) is 0 Å². The highest BCUT2D eigenvalue weighted by Gasteiger charge is 2.11. The van der Waals surface area contributed by atoms with Crippen molar-refractivity contribution in [2.24, 2.45) is 5.92 Å². The fourth-order valence-electron chi connectivity index (χ4n) is 2.38. The molecule has 2 rings (SSSR count). The molecule has 20 heavy (non-hydrogen) atoms. The van der Waals surface area contributed by atoms with Crippen LogP contribution >= 0.6 is 0 Å². The van der Waals surface area contributed by atoms with Crippen LogP contribution in [0.3, 0.4) is 0 Å². The topological polar surface area (TPSA) is 44.4 Å². The van der Waals surface area contributed by atoms with Crippen LogP contribution in [-0.4, -0.2) is 25.7 Å². The predicted octanol–water partition coefficient (Wildman–Crippen LogP) is 3.45. The van der Waals surface area contributed by atoms with E-state index in [4.69, 9.17) is 0 Å². The van der Waals surface area contributed by atoms with Crippen LogP contribution in [0.4, 0.5) is 16.2 Å². The molecule has 1 saturated heterocycles. The summed E-state index contributed by atoms with van der Waals surface area (Å²) in [6.07, 6.45) is 3.55. The average molecular weight is 275 g/mol. The quantitative estimate of drug-likeness (QED) is 0.864. The number of rotatable bonds is 5. The first-order valence-electron chi connectivity index (χ1n) is 7.55. The average Bonchev–Trinajstić information content (AvgIpc) is 2.93. The first-order valence-corrected chi connectivity index (χ1v) is 7.55. The van der Waals surface area contributed by atoms with Crippen molar-refractivity contribution in [3.05, 3.63) is 24.3 Å². The van der Waals surface area contributed by atoms with Gasteiger partial charge in [-0.25, -0.2) is 4.79 Å². The summed E-state index contributed by atoms with van der Waals surface area (Å²) in [4.78, 5) is 14.1. The summed E-state index contributed by atoms with van der Waals surface area (Å²) < 4.78 is 0. The molecular formula is C16H25N3O. The molecule has 1 aliphatic rings. The molecule has 1 heterocycles. The van der Waals surface area contributed by atoms with Crippen molar-refractivity contribution in [2.75, 3.05) is 29.9 Å². The second-order valence-electron chi connectivity index (χ2n) is 5.80. The number of nitrogens with zero attached hydrogens (tertiary/aromatic N) is 1. The largest absolute Gasteiger partial charge is 0.372 e. The third-order valence-electron chi connectivity index (χ3n) is 3.60. The lowest BCUT2D eigenvalue weighted by molar-refractivity contribution is 0.251. The molecule has 0 saturated carbocycles. The Labute approximate surface area is 121 Å². The maximum Gasteiger partial charge on any atom is 0.319 e. The molecular weight excluding hydrogens is 250 g/mol. The predicted molar refractivity (Wildman–Crippen MR) is 84.4 cm³/mol. The van der Waals surface area contributed by atoms with Gasteiger partial charge >= 0.3 is 6.03 Å². The van der Waals surface area contributed by atoms with Crippen LogP contribution in [0.5, 0.6) is 0 Å². The molecule has 1 fully saturated rings. The number of carbonyl (C=O) groups is 1. The van der Waals surface area contributed by atoms with E-state index < -0.39 is 0 Å². The van der Waals surface area contributed by atoms with Gasteiger partial charge in [-0.2, -0.15) is 0 Å². The van der Waals surface area contributed by atoms with Gasteiger partial charge in [0, 0.05) is 31.0 Å². The van der Waals surface area contributed by atoms with E-state index in [9.17, 15) is 4.79 Å². The SMILES string of the molecule is CC(C)CCNC(=O)Nc1ccc(N2CCCC2)cc1. The van der Waals surface area contributed by atoms with Crippen molar-refractivity contribution < 1.29 is 4.79 Å². The summed E-state index contributed by atoms with van der Waals surface area (Å²) in [5.41, 5.74) is 2.09. The van der Waals surface area contributed by atoms with E-state index in [1.807, 2.05) is 12.1 Å². The standard InChI is InChI=1S/C16H25N3O/c1-13(2)9-10-17-16(20)18-14-5-7-15(8-6-14)19-11-3-4-12-19/h5-8,13H,3-4,9-12H2,1-2H3,(H2,17,18,20). The number of nitrogens with one attached hydrogen (secondary N) is 2. The second-order valence-corrected chi connectivity index (χ2v) is 5.80. The molecule has 0 bridgehead atoms. The molecule has 0 atom stereocenters. The van der Waals surface area contributed by atoms with Crippen LogP contribution in [0, 0.1) is 5.92 Å². The molecule has 4 heteroatoms. The van der Waals surface area contributed by atoms with Crippen molar-refractivity contribution in [3.63, 3.8) is 0 Å². The van der Waals surface area contributed by atoms with Crippen LogP contribution < -0.4 is 15.5 Å². The third-order valence-corrected chi connectivity index (χ3v) is 3.60. The van der Waals surface area contributed by atoms with E-state index in [2.05, 4.69) is 41.5 Å². The Morgan fingerprint density at radius 3 is 2.45 bits per heavy atom. The molecule has 2 N–H and O–H groups in total. The maximum absolute atomic E-state index is 11.7. The van der Waals surface area contributed by atoms with Crippen LogP contribution in [0.1, 0.15) is 33.1 Å². The smallest absolute Gasteiger partial charge is 0.319 e. The van der Waals surface area contributed by atoms with Gasteiger partial charge in [0.1, 0.15) is 0 Å². The zero-order valence-corrected chi connectivity index (χ0v) is 12.5. The zero-order chi connectivity index (χ0) is 14.4. The maximum atomic E-state index is 11.7. The Hall–Kier alpha value is -1.71. The van der Waals surface area contributed by atoms with E-state index in [-0.39, 0.29) is 6.03 Å². The molecule has 0 aliphatic carbocycles. The van der Waals surface area contributed by atoms with E-state index >= 15 is 0 Å². The third kappa shape index (κ3) is 4.44. The number of urea groups is 1. The number of hydrogen-bond acceptors (Lipinski definition) is 2. The number of amides is 2. The minimum atomic E-state index is -0.125. The van der Waals surface area contributed by atoms with Gasteiger partial charge in [0.2, 0.25) is 0 Å². The first-order chi connectivity index (χ1) is 9.65. The fourth-order valence-corrected chi connectivity index (χ4v) is 2.38. The van der Waals surface area contributed by atoms with Gasteiger partial charge in [-0.05, 0) is 49.4 Å². The lowest BCUT2D eigenvalue weighted by atomic mass is 10.1. The normalized spacial score (nSPS) is 14.7. The lowest BCUT2D eigenvalue weighted by Crippen LogP contribution is -2.30. The number of anilines is 2. The molecule has 110 valence electrons. The Morgan fingerprint density at radius 2 is 1.85 bits per heavy atom.